The van der Waals surface area contributed by atoms with Crippen LogP contribution in [-0.4, -0.2) is 27.5 Å². The van der Waals surface area contributed by atoms with Crippen LogP contribution in [-0.2, 0) is 0 Å². The van der Waals surface area contributed by atoms with Gasteiger partial charge in [-0.3, -0.25) is 0 Å². The molecular weight excluding hydrogens is 262 g/mol. The molecule has 2 aliphatic rings. The zero-order valence-electron chi connectivity index (χ0n) is 12.5. The maximum absolute atomic E-state index is 4.68. The highest BCUT2D eigenvalue weighted by molar-refractivity contribution is 5.65. The molecule has 0 spiro atoms. The third-order valence-electron chi connectivity index (χ3n) is 5.15. The van der Waals surface area contributed by atoms with Gasteiger partial charge in [0, 0.05) is 25.5 Å². The number of nitrogens with zero attached hydrogens (tertiary/aromatic N) is 3. The summed E-state index contributed by atoms with van der Waals surface area (Å²) < 4.78 is 2.04. The number of rotatable bonds is 5. The highest BCUT2D eigenvalue weighted by atomic mass is 15.1. The largest absolute Gasteiger partial charge is 0.369 e. The van der Waals surface area contributed by atoms with Gasteiger partial charge in [0.05, 0.1) is 6.20 Å². The summed E-state index contributed by atoms with van der Waals surface area (Å²) in [5.74, 6) is 4.56. The monoisotopic (exact) mass is 285 g/mol. The Labute approximate surface area is 125 Å². The molecule has 2 N–H and O–H groups in total. The van der Waals surface area contributed by atoms with Gasteiger partial charge < -0.3 is 15.0 Å². The molecule has 112 valence electrons. The Morgan fingerprint density at radius 2 is 2.24 bits per heavy atom. The minimum Gasteiger partial charge on any atom is -0.369 e. The second-order valence-corrected chi connectivity index (χ2v) is 6.48. The van der Waals surface area contributed by atoms with Crippen LogP contribution in [0.4, 0.5) is 11.6 Å². The lowest BCUT2D eigenvalue weighted by molar-refractivity contribution is 0.348. The fourth-order valence-electron chi connectivity index (χ4n) is 4.17. The molecule has 2 fully saturated rings. The molecule has 2 aromatic heterocycles. The predicted octanol–water partition coefficient (Wildman–Crippen LogP) is 3.01. The number of aromatic nitrogens is 3. The minimum atomic E-state index is 0.823. The van der Waals surface area contributed by atoms with Crippen molar-refractivity contribution in [3.63, 3.8) is 0 Å². The summed E-state index contributed by atoms with van der Waals surface area (Å²) in [7, 11) is 0. The number of anilines is 2. The molecule has 5 nitrogen and oxygen atoms in total. The molecule has 21 heavy (non-hydrogen) atoms. The second kappa shape index (κ2) is 5.20. The van der Waals surface area contributed by atoms with Crippen molar-refractivity contribution in [2.45, 2.75) is 32.6 Å². The molecule has 0 aliphatic heterocycles. The van der Waals surface area contributed by atoms with Crippen LogP contribution in [0.3, 0.4) is 0 Å². The Kier molecular flexibility index (Phi) is 3.20. The molecule has 2 aromatic rings. The minimum absolute atomic E-state index is 0.823. The summed E-state index contributed by atoms with van der Waals surface area (Å²) in [4.78, 5) is 9.10. The van der Waals surface area contributed by atoms with Crippen LogP contribution in [0.15, 0.2) is 18.6 Å². The summed E-state index contributed by atoms with van der Waals surface area (Å²) in [6.45, 7) is 3.99. The summed E-state index contributed by atoms with van der Waals surface area (Å²) in [5, 5.41) is 6.85. The van der Waals surface area contributed by atoms with Gasteiger partial charge in [-0.25, -0.2) is 9.97 Å². The zero-order chi connectivity index (χ0) is 14.2. The Morgan fingerprint density at radius 3 is 3.00 bits per heavy atom. The van der Waals surface area contributed by atoms with Crippen LogP contribution in [0.5, 0.6) is 0 Å². The van der Waals surface area contributed by atoms with Crippen LogP contribution in [0.1, 0.15) is 32.6 Å². The quantitative estimate of drug-likeness (QED) is 0.886. The van der Waals surface area contributed by atoms with Gasteiger partial charge >= 0.3 is 0 Å². The molecule has 0 aromatic carbocycles. The van der Waals surface area contributed by atoms with Crippen LogP contribution >= 0.6 is 0 Å². The van der Waals surface area contributed by atoms with E-state index in [1.807, 2.05) is 23.0 Å². The highest BCUT2D eigenvalue weighted by Crippen LogP contribution is 2.48. The second-order valence-electron chi connectivity index (χ2n) is 6.48. The third kappa shape index (κ3) is 2.34. The Hall–Kier alpha value is -1.78. The molecule has 3 atom stereocenters. The standard InChI is InChI=1S/C16H23N5/c1-2-17-14-10-21-6-5-18-16(21)15(20-14)19-9-13-8-11-3-4-12(13)7-11/h5-6,10-13,17H,2-4,7-9H2,1H3,(H,19,20). The lowest BCUT2D eigenvalue weighted by atomic mass is 9.89. The van der Waals surface area contributed by atoms with Crippen LogP contribution < -0.4 is 10.6 Å². The number of fused-ring (bicyclic) bond motifs is 3. The van der Waals surface area contributed by atoms with Gasteiger partial charge in [0.1, 0.15) is 5.82 Å². The number of nitrogens with one attached hydrogen (secondary N) is 2. The van der Waals surface area contributed by atoms with E-state index >= 15 is 0 Å². The van der Waals surface area contributed by atoms with Crippen molar-refractivity contribution in [2.24, 2.45) is 17.8 Å². The summed E-state index contributed by atoms with van der Waals surface area (Å²) in [5.41, 5.74) is 0.916. The first-order valence-corrected chi connectivity index (χ1v) is 8.15. The topological polar surface area (TPSA) is 54.2 Å². The molecular formula is C16H23N5. The fourth-order valence-corrected chi connectivity index (χ4v) is 4.17. The van der Waals surface area contributed by atoms with E-state index < -0.39 is 0 Å². The van der Waals surface area contributed by atoms with Gasteiger partial charge in [0.25, 0.3) is 0 Å². The first-order chi connectivity index (χ1) is 10.3. The summed E-state index contributed by atoms with van der Waals surface area (Å²) >= 11 is 0. The average molecular weight is 285 g/mol. The third-order valence-corrected chi connectivity index (χ3v) is 5.15. The van der Waals surface area contributed by atoms with E-state index in [-0.39, 0.29) is 0 Å². The molecule has 5 heteroatoms. The Balaban J connectivity index is 1.53. The number of hydrogen-bond acceptors (Lipinski definition) is 4. The number of imidazole rings is 1. The first kappa shape index (κ1) is 12.9. The molecule has 0 radical (unpaired) electrons. The van der Waals surface area contributed by atoms with E-state index in [4.69, 9.17) is 0 Å². The van der Waals surface area contributed by atoms with Gasteiger partial charge in [-0.15, -0.1) is 0 Å². The van der Waals surface area contributed by atoms with E-state index in [0.717, 1.165) is 48.1 Å². The fraction of sp³-hybridized carbons (Fsp3) is 0.625. The lowest BCUT2D eigenvalue weighted by Crippen LogP contribution is -2.21. The normalized spacial score (nSPS) is 27.4. The number of hydrogen-bond donors (Lipinski definition) is 2. The smallest absolute Gasteiger partial charge is 0.180 e. The van der Waals surface area contributed by atoms with Crippen molar-refractivity contribution in [3.8, 4) is 0 Å². The lowest BCUT2D eigenvalue weighted by Gasteiger charge is -2.22. The van der Waals surface area contributed by atoms with E-state index in [9.17, 15) is 0 Å². The predicted molar refractivity (Wildman–Crippen MR) is 84.6 cm³/mol. The van der Waals surface area contributed by atoms with E-state index in [2.05, 4.69) is 27.5 Å². The van der Waals surface area contributed by atoms with Gasteiger partial charge in [-0.1, -0.05) is 6.42 Å². The maximum Gasteiger partial charge on any atom is 0.180 e. The zero-order valence-corrected chi connectivity index (χ0v) is 12.5. The van der Waals surface area contributed by atoms with E-state index in [1.165, 1.54) is 25.7 Å². The van der Waals surface area contributed by atoms with Crippen LogP contribution in [0.2, 0.25) is 0 Å². The molecule has 0 saturated heterocycles. The van der Waals surface area contributed by atoms with Gasteiger partial charge in [0.15, 0.2) is 11.5 Å². The summed E-state index contributed by atoms with van der Waals surface area (Å²) in [6, 6.07) is 0. The molecule has 2 bridgehead atoms. The molecule has 3 unspecified atom stereocenters. The molecule has 0 amide bonds. The molecule has 2 aliphatic carbocycles. The molecule has 4 rings (SSSR count). The van der Waals surface area contributed by atoms with E-state index in [0.29, 0.717) is 0 Å². The van der Waals surface area contributed by atoms with Gasteiger partial charge in [0.2, 0.25) is 0 Å². The Bertz CT molecular complexity index is 635. The van der Waals surface area contributed by atoms with Crippen molar-refractivity contribution in [1.82, 2.24) is 14.4 Å². The SMILES string of the molecule is CCNc1cn2ccnc2c(NCC2CC3CCC2C3)n1. The highest BCUT2D eigenvalue weighted by Gasteiger charge is 2.39. The van der Waals surface area contributed by atoms with Gasteiger partial charge in [-0.2, -0.15) is 0 Å². The van der Waals surface area contributed by atoms with Crippen molar-refractivity contribution in [1.29, 1.82) is 0 Å². The molecule has 2 saturated carbocycles. The summed E-state index contributed by atoms with van der Waals surface area (Å²) in [6.07, 6.45) is 11.5. The van der Waals surface area contributed by atoms with Crippen LogP contribution in [0, 0.1) is 17.8 Å². The van der Waals surface area contributed by atoms with Gasteiger partial charge in [-0.05, 0) is 43.9 Å². The van der Waals surface area contributed by atoms with Crippen molar-refractivity contribution in [2.75, 3.05) is 23.7 Å². The van der Waals surface area contributed by atoms with Crippen molar-refractivity contribution < 1.29 is 0 Å². The van der Waals surface area contributed by atoms with Crippen LogP contribution in [0.25, 0.3) is 5.65 Å². The molecule has 2 heterocycles. The average Bonchev–Trinajstić information content (AvgIpc) is 3.20. The Morgan fingerprint density at radius 1 is 1.29 bits per heavy atom. The van der Waals surface area contributed by atoms with Crippen molar-refractivity contribution >= 4 is 17.3 Å². The first-order valence-electron chi connectivity index (χ1n) is 8.15. The van der Waals surface area contributed by atoms with Crippen molar-refractivity contribution in [3.05, 3.63) is 18.6 Å². The van der Waals surface area contributed by atoms with E-state index in [1.54, 1.807) is 0 Å². The maximum atomic E-state index is 4.68.